The second-order valence-corrected chi connectivity index (χ2v) is 8.56. The Labute approximate surface area is 197 Å². The molecule has 1 aliphatic rings. The zero-order chi connectivity index (χ0) is 23.4. The average Bonchev–Trinajstić information content (AvgIpc) is 3.14. The van der Waals surface area contributed by atoms with Gasteiger partial charge in [0.25, 0.3) is 0 Å². The molecule has 1 saturated heterocycles. The predicted octanol–water partition coefficient (Wildman–Crippen LogP) is 2.93. The van der Waals surface area contributed by atoms with Crippen LogP contribution in [-0.4, -0.2) is 44.4 Å². The van der Waals surface area contributed by atoms with Crippen molar-refractivity contribution in [2.45, 2.75) is 24.0 Å². The van der Waals surface area contributed by atoms with Crippen LogP contribution in [0.3, 0.4) is 0 Å². The number of carbonyl (C=O) groups excluding carboxylic acids is 3. The maximum atomic E-state index is 13.3. The number of hydrogen-bond donors (Lipinski definition) is 3. The third-order valence-electron chi connectivity index (χ3n) is 4.67. The van der Waals surface area contributed by atoms with Gasteiger partial charge in [-0.2, -0.15) is 0 Å². The maximum Gasteiger partial charge on any atom is 0.321 e. The van der Waals surface area contributed by atoms with E-state index in [1.54, 1.807) is 34.9 Å². The average molecular weight is 489 g/mol. The fourth-order valence-electron chi connectivity index (χ4n) is 3.29. The van der Waals surface area contributed by atoms with Gasteiger partial charge in [0.1, 0.15) is 11.6 Å². The van der Waals surface area contributed by atoms with E-state index in [1.807, 2.05) is 0 Å². The van der Waals surface area contributed by atoms with Crippen LogP contribution in [0.25, 0.3) is 5.69 Å². The van der Waals surface area contributed by atoms with Gasteiger partial charge in [0.2, 0.25) is 11.8 Å². The fraction of sp³-hybridized carbons (Fsp3) is 0.190. The molecule has 1 unspecified atom stereocenters. The maximum absolute atomic E-state index is 13.3. The molecule has 1 atom stereocenters. The van der Waals surface area contributed by atoms with Crippen LogP contribution in [0.2, 0.25) is 5.02 Å². The van der Waals surface area contributed by atoms with Gasteiger partial charge in [0, 0.05) is 35.3 Å². The number of carbonyl (C=O) groups is 3. The van der Waals surface area contributed by atoms with Gasteiger partial charge < -0.3 is 10.6 Å². The van der Waals surface area contributed by atoms with Crippen LogP contribution in [0, 0.1) is 5.82 Å². The van der Waals surface area contributed by atoms with Crippen LogP contribution in [-0.2, 0) is 16.0 Å². The first-order valence-electron chi connectivity index (χ1n) is 9.86. The van der Waals surface area contributed by atoms with Crippen molar-refractivity contribution in [1.29, 1.82) is 0 Å². The van der Waals surface area contributed by atoms with Gasteiger partial charge in [0.15, 0.2) is 5.16 Å². The zero-order valence-electron chi connectivity index (χ0n) is 17.0. The molecule has 2 aromatic carbocycles. The number of nitrogens with zero attached hydrogens (tertiary/aromatic N) is 3. The van der Waals surface area contributed by atoms with Gasteiger partial charge in [-0.1, -0.05) is 29.4 Å². The van der Waals surface area contributed by atoms with E-state index in [-0.39, 0.29) is 30.4 Å². The number of imide groups is 1. The minimum Gasteiger partial charge on any atom is -0.334 e. The highest BCUT2D eigenvalue weighted by molar-refractivity contribution is 7.99. The number of hydrogen-bond acceptors (Lipinski definition) is 6. The van der Waals surface area contributed by atoms with Crippen LogP contribution >= 0.6 is 23.4 Å². The molecule has 33 heavy (non-hydrogen) atoms. The number of aromatic nitrogens is 3. The molecule has 3 aromatic rings. The summed E-state index contributed by atoms with van der Waals surface area (Å²) in [7, 11) is 0. The number of nitrogens with one attached hydrogen (secondary N) is 3. The monoisotopic (exact) mass is 488 g/mol. The van der Waals surface area contributed by atoms with Crippen LogP contribution in [0.15, 0.2) is 53.7 Å². The third kappa shape index (κ3) is 5.88. The van der Waals surface area contributed by atoms with E-state index in [1.165, 1.54) is 18.2 Å². The molecule has 0 spiro atoms. The standard InChI is InChI=1S/C21H18ClFN6O3S/c22-12-4-6-16(7-5-12)29-17(9-15-10-18(30)26-20(32)25-15)27-28-21(29)33-11-19(31)24-14-3-1-2-13(23)8-14/h1-8,15H,9-11H2,(H,24,31)(H2,25,26,30,32). The Morgan fingerprint density at radius 2 is 2.00 bits per heavy atom. The van der Waals surface area contributed by atoms with Crippen molar-refractivity contribution in [3.05, 3.63) is 65.2 Å². The summed E-state index contributed by atoms with van der Waals surface area (Å²) < 4.78 is 15.1. The summed E-state index contributed by atoms with van der Waals surface area (Å²) in [5.41, 5.74) is 1.06. The van der Waals surface area contributed by atoms with Crippen molar-refractivity contribution >= 4 is 46.9 Å². The zero-order valence-corrected chi connectivity index (χ0v) is 18.6. The molecule has 9 nitrogen and oxygen atoms in total. The van der Waals surface area contributed by atoms with Crippen molar-refractivity contribution in [2.75, 3.05) is 11.1 Å². The SMILES string of the molecule is O=C1CC(Cc2nnc(SCC(=O)Nc3cccc(F)c3)n2-c2ccc(Cl)cc2)NC(=O)N1. The topological polar surface area (TPSA) is 118 Å². The number of amides is 4. The molecule has 3 N–H and O–H groups in total. The van der Waals surface area contributed by atoms with Crippen LogP contribution < -0.4 is 16.0 Å². The Balaban J connectivity index is 1.53. The summed E-state index contributed by atoms with van der Waals surface area (Å²) in [6.07, 6.45) is 0.364. The summed E-state index contributed by atoms with van der Waals surface area (Å²) in [6.45, 7) is 0. The largest absolute Gasteiger partial charge is 0.334 e. The molecule has 0 aliphatic carbocycles. The van der Waals surface area contributed by atoms with Gasteiger partial charge in [-0.3, -0.25) is 19.5 Å². The van der Waals surface area contributed by atoms with Gasteiger partial charge in [0.05, 0.1) is 5.75 Å². The molecule has 170 valence electrons. The molecule has 0 saturated carbocycles. The summed E-state index contributed by atoms with van der Waals surface area (Å²) in [5.74, 6) is -0.648. The lowest BCUT2D eigenvalue weighted by molar-refractivity contribution is -0.121. The highest BCUT2D eigenvalue weighted by atomic mass is 35.5. The molecule has 4 rings (SSSR count). The predicted molar refractivity (Wildman–Crippen MR) is 121 cm³/mol. The quantitative estimate of drug-likeness (QED) is 0.440. The first kappa shape index (κ1) is 22.7. The van der Waals surface area contributed by atoms with Crippen molar-refractivity contribution < 1.29 is 18.8 Å². The van der Waals surface area contributed by atoms with Crippen LogP contribution in [0.5, 0.6) is 0 Å². The Hall–Kier alpha value is -3.44. The molecule has 0 bridgehead atoms. The highest BCUT2D eigenvalue weighted by Crippen LogP contribution is 2.25. The van der Waals surface area contributed by atoms with E-state index in [0.29, 0.717) is 27.4 Å². The molecule has 1 aliphatic heterocycles. The summed E-state index contributed by atoms with van der Waals surface area (Å²) in [4.78, 5) is 35.7. The molecule has 0 radical (unpaired) electrons. The lowest BCUT2D eigenvalue weighted by Gasteiger charge is -2.23. The Morgan fingerprint density at radius 3 is 2.73 bits per heavy atom. The number of rotatable bonds is 7. The Morgan fingerprint density at radius 1 is 1.21 bits per heavy atom. The first-order chi connectivity index (χ1) is 15.9. The Bertz CT molecular complexity index is 1190. The van der Waals surface area contributed by atoms with Crippen molar-refractivity contribution in [3.63, 3.8) is 0 Å². The van der Waals surface area contributed by atoms with Gasteiger partial charge in [-0.05, 0) is 42.5 Å². The van der Waals surface area contributed by atoms with Gasteiger partial charge in [-0.15, -0.1) is 10.2 Å². The molecule has 4 amide bonds. The van der Waals surface area contributed by atoms with E-state index >= 15 is 0 Å². The lowest BCUT2D eigenvalue weighted by Crippen LogP contribution is -2.53. The number of anilines is 1. The summed E-state index contributed by atoms with van der Waals surface area (Å²) in [5, 5.41) is 16.9. The summed E-state index contributed by atoms with van der Waals surface area (Å²) >= 11 is 7.16. The molecule has 1 fully saturated rings. The second-order valence-electron chi connectivity index (χ2n) is 7.18. The van der Waals surface area contributed by atoms with E-state index in [2.05, 4.69) is 26.1 Å². The number of benzene rings is 2. The van der Waals surface area contributed by atoms with Crippen LogP contribution in [0.4, 0.5) is 14.9 Å². The smallest absolute Gasteiger partial charge is 0.321 e. The van der Waals surface area contributed by atoms with Crippen LogP contribution in [0.1, 0.15) is 12.2 Å². The molecular formula is C21H18ClFN6O3S. The fourth-order valence-corrected chi connectivity index (χ4v) is 4.18. The van der Waals surface area contributed by atoms with E-state index in [0.717, 1.165) is 11.8 Å². The van der Waals surface area contributed by atoms with Crippen molar-refractivity contribution in [1.82, 2.24) is 25.4 Å². The molecular weight excluding hydrogens is 471 g/mol. The third-order valence-corrected chi connectivity index (χ3v) is 5.86. The minimum absolute atomic E-state index is 0.00477. The molecule has 1 aromatic heterocycles. The Kier molecular flexibility index (Phi) is 6.90. The number of halogens is 2. The second kappa shape index (κ2) is 10.0. The van der Waals surface area contributed by atoms with E-state index in [9.17, 15) is 18.8 Å². The van der Waals surface area contributed by atoms with E-state index < -0.39 is 17.9 Å². The molecule has 2 heterocycles. The lowest BCUT2D eigenvalue weighted by atomic mass is 10.1. The van der Waals surface area contributed by atoms with Gasteiger partial charge >= 0.3 is 6.03 Å². The first-order valence-corrected chi connectivity index (χ1v) is 11.2. The number of urea groups is 1. The van der Waals surface area contributed by atoms with Crippen molar-refractivity contribution in [2.24, 2.45) is 0 Å². The van der Waals surface area contributed by atoms with Crippen molar-refractivity contribution in [3.8, 4) is 5.69 Å². The van der Waals surface area contributed by atoms with Gasteiger partial charge in [-0.25, -0.2) is 9.18 Å². The molecule has 12 heteroatoms. The minimum atomic E-state index is -0.558. The highest BCUT2D eigenvalue weighted by Gasteiger charge is 2.27. The normalized spacial score (nSPS) is 15.6. The summed E-state index contributed by atoms with van der Waals surface area (Å²) in [6, 6.07) is 11.6. The van der Waals surface area contributed by atoms with E-state index in [4.69, 9.17) is 11.6 Å². The number of thioether (sulfide) groups is 1.